The minimum Gasteiger partial charge on any atom is -0.496 e. The molecular formula is C16H17FINO. The molecular weight excluding hydrogens is 368 g/mol. The molecule has 0 aliphatic carbocycles. The summed E-state index contributed by atoms with van der Waals surface area (Å²) in [7, 11) is 3.59. The minimum absolute atomic E-state index is 0.124. The van der Waals surface area contributed by atoms with E-state index in [0.29, 0.717) is 0 Å². The average molecular weight is 385 g/mol. The first kappa shape index (κ1) is 15.3. The molecule has 0 bridgehead atoms. The molecule has 0 saturated carbocycles. The molecule has 0 aliphatic rings. The van der Waals surface area contributed by atoms with E-state index in [1.165, 1.54) is 6.07 Å². The molecule has 1 unspecified atom stereocenters. The van der Waals surface area contributed by atoms with Gasteiger partial charge in [-0.2, -0.15) is 0 Å². The van der Waals surface area contributed by atoms with Crippen LogP contribution in [0.2, 0.25) is 0 Å². The average Bonchev–Trinajstić information content (AvgIpc) is 2.46. The first-order valence-electron chi connectivity index (χ1n) is 6.39. The van der Waals surface area contributed by atoms with Crippen molar-refractivity contribution in [3.05, 3.63) is 63.0 Å². The summed E-state index contributed by atoms with van der Waals surface area (Å²) >= 11 is 2.17. The molecule has 2 nitrogen and oxygen atoms in total. The summed E-state index contributed by atoms with van der Waals surface area (Å²) in [6, 6.07) is 13.0. The van der Waals surface area contributed by atoms with Crippen LogP contribution in [0.25, 0.3) is 0 Å². The van der Waals surface area contributed by atoms with Gasteiger partial charge < -0.3 is 10.1 Å². The fraction of sp³-hybridized carbons (Fsp3) is 0.250. The smallest absolute Gasteiger partial charge is 0.124 e. The number of nitrogens with one attached hydrogen (secondary N) is 1. The van der Waals surface area contributed by atoms with Crippen molar-refractivity contribution in [2.24, 2.45) is 0 Å². The second-order valence-electron chi connectivity index (χ2n) is 4.52. The van der Waals surface area contributed by atoms with E-state index in [4.69, 9.17) is 4.74 Å². The summed E-state index contributed by atoms with van der Waals surface area (Å²) in [4.78, 5) is 0. The van der Waals surface area contributed by atoms with Crippen LogP contribution in [0, 0.1) is 9.39 Å². The van der Waals surface area contributed by atoms with Crippen molar-refractivity contribution in [1.29, 1.82) is 0 Å². The van der Waals surface area contributed by atoms with E-state index < -0.39 is 0 Å². The Morgan fingerprint density at radius 3 is 2.65 bits per heavy atom. The number of rotatable bonds is 5. The Labute approximate surface area is 132 Å². The molecule has 0 saturated heterocycles. The van der Waals surface area contributed by atoms with Crippen molar-refractivity contribution < 1.29 is 9.13 Å². The lowest BCUT2D eigenvalue weighted by Crippen LogP contribution is -2.20. The Morgan fingerprint density at radius 1 is 1.25 bits per heavy atom. The second-order valence-corrected chi connectivity index (χ2v) is 5.69. The Morgan fingerprint density at radius 2 is 2.00 bits per heavy atom. The monoisotopic (exact) mass is 385 g/mol. The number of hydrogen-bond donors (Lipinski definition) is 1. The predicted molar refractivity (Wildman–Crippen MR) is 87.6 cm³/mol. The lowest BCUT2D eigenvalue weighted by molar-refractivity contribution is 0.406. The minimum atomic E-state index is -0.203. The van der Waals surface area contributed by atoms with E-state index in [9.17, 15) is 4.39 Å². The molecule has 20 heavy (non-hydrogen) atoms. The molecule has 2 aromatic carbocycles. The third-order valence-corrected chi connectivity index (χ3v) is 4.24. The second kappa shape index (κ2) is 7.04. The number of methoxy groups -OCH3 is 1. The van der Waals surface area contributed by atoms with E-state index in [0.717, 1.165) is 26.9 Å². The van der Waals surface area contributed by atoms with Crippen LogP contribution in [-0.2, 0) is 6.42 Å². The van der Waals surface area contributed by atoms with Crippen LogP contribution in [0.15, 0.2) is 42.5 Å². The molecule has 0 radical (unpaired) electrons. The van der Waals surface area contributed by atoms with E-state index in [1.54, 1.807) is 13.2 Å². The quantitative estimate of drug-likeness (QED) is 0.788. The van der Waals surface area contributed by atoms with Gasteiger partial charge in [0.2, 0.25) is 0 Å². The van der Waals surface area contributed by atoms with E-state index in [2.05, 4.69) is 34.0 Å². The van der Waals surface area contributed by atoms with Crippen molar-refractivity contribution in [3.8, 4) is 5.75 Å². The van der Waals surface area contributed by atoms with Crippen molar-refractivity contribution in [1.82, 2.24) is 5.32 Å². The molecule has 1 atom stereocenters. The van der Waals surface area contributed by atoms with Crippen LogP contribution in [0.3, 0.4) is 0 Å². The summed E-state index contributed by atoms with van der Waals surface area (Å²) in [6.45, 7) is 0. The lowest BCUT2D eigenvalue weighted by Gasteiger charge is -2.19. The van der Waals surface area contributed by atoms with Gasteiger partial charge in [0, 0.05) is 9.61 Å². The zero-order valence-corrected chi connectivity index (χ0v) is 13.6. The number of benzene rings is 2. The topological polar surface area (TPSA) is 21.3 Å². The van der Waals surface area contributed by atoms with Gasteiger partial charge in [0.15, 0.2) is 0 Å². The van der Waals surface area contributed by atoms with Crippen LogP contribution < -0.4 is 10.1 Å². The van der Waals surface area contributed by atoms with Gasteiger partial charge in [-0.25, -0.2) is 4.39 Å². The molecule has 0 heterocycles. The largest absolute Gasteiger partial charge is 0.496 e. The first-order chi connectivity index (χ1) is 9.65. The highest BCUT2D eigenvalue weighted by molar-refractivity contribution is 14.1. The summed E-state index contributed by atoms with van der Waals surface area (Å²) in [5, 5.41) is 3.30. The Kier molecular flexibility index (Phi) is 5.37. The fourth-order valence-electron chi connectivity index (χ4n) is 2.24. The van der Waals surface area contributed by atoms with Crippen LogP contribution in [0.5, 0.6) is 5.75 Å². The normalized spacial score (nSPS) is 12.2. The van der Waals surface area contributed by atoms with Crippen molar-refractivity contribution in [2.45, 2.75) is 12.5 Å². The van der Waals surface area contributed by atoms with Crippen LogP contribution >= 0.6 is 22.6 Å². The molecule has 4 heteroatoms. The molecule has 106 valence electrons. The molecule has 0 amide bonds. The Hall–Kier alpha value is -1.14. The summed E-state index contributed by atoms with van der Waals surface area (Å²) in [5.74, 6) is 0.676. The summed E-state index contributed by atoms with van der Waals surface area (Å²) in [5.41, 5.74) is 2.23. The number of likely N-dealkylation sites (N-methyl/N-ethyl adjacent to an activating group) is 1. The van der Waals surface area contributed by atoms with Gasteiger partial charge in [0.1, 0.15) is 11.6 Å². The summed E-state index contributed by atoms with van der Waals surface area (Å²) < 4.78 is 19.5. The summed E-state index contributed by atoms with van der Waals surface area (Å²) in [6.07, 6.45) is 0.794. The lowest BCUT2D eigenvalue weighted by atomic mass is 9.98. The zero-order chi connectivity index (χ0) is 14.5. The molecule has 1 N–H and O–H groups in total. The molecule has 2 aromatic rings. The van der Waals surface area contributed by atoms with Gasteiger partial charge in [0.25, 0.3) is 0 Å². The number of hydrogen-bond acceptors (Lipinski definition) is 2. The molecule has 0 aliphatic heterocycles. The Balaban J connectivity index is 2.29. The highest BCUT2D eigenvalue weighted by Gasteiger charge is 2.15. The van der Waals surface area contributed by atoms with Gasteiger partial charge in [-0.15, -0.1) is 0 Å². The van der Waals surface area contributed by atoms with Crippen molar-refractivity contribution in [2.75, 3.05) is 14.2 Å². The van der Waals surface area contributed by atoms with Gasteiger partial charge in [-0.3, -0.25) is 0 Å². The Bertz CT molecular complexity index is 588. The standard InChI is InChI=1S/C16H17FINO/c1-19-15(13-8-7-12(17)10-14(13)18)9-11-5-3-4-6-16(11)20-2/h3-8,10,15,19H,9H2,1-2H3. The predicted octanol–water partition coefficient (Wildman–Crippen LogP) is 3.94. The van der Waals surface area contributed by atoms with Crippen molar-refractivity contribution in [3.63, 3.8) is 0 Å². The molecule has 2 rings (SSSR count). The SMILES string of the molecule is CNC(Cc1ccccc1OC)c1ccc(F)cc1I. The third-order valence-electron chi connectivity index (χ3n) is 3.30. The number of halogens is 2. The third kappa shape index (κ3) is 3.49. The molecule has 0 spiro atoms. The maximum atomic E-state index is 13.2. The highest BCUT2D eigenvalue weighted by atomic mass is 127. The van der Waals surface area contributed by atoms with Gasteiger partial charge in [-0.05, 0) is 65.4 Å². The number of para-hydroxylation sites is 1. The van der Waals surface area contributed by atoms with Crippen LogP contribution in [-0.4, -0.2) is 14.2 Å². The van der Waals surface area contributed by atoms with Crippen LogP contribution in [0.1, 0.15) is 17.2 Å². The van der Waals surface area contributed by atoms with Gasteiger partial charge in [-0.1, -0.05) is 24.3 Å². The first-order valence-corrected chi connectivity index (χ1v) is 7.47. The fourth-order valence-corrected chi connectivity index (χ4v) is 3.10. The van der Waals surface area contributed by atoms with E-state index in [-0.39, 0.29) is 11.9 Å². The number of ether oxygens (including phenoxy) is 1. The maximum Gasteiger partial charge on any atom is 0.124 e. The zero-order valence-electron chi connectivity index (χ0n) is 11.5. The van der Waals surface area contributed by atoms with E-state index in [1.807, 2.05) is 31.3 Å². The van der Waals surface area contributed by atoms with Gasteiger partial charge in [0.05, 0.1) is 7.11 Å². The highest BCUT2D eigenvalue weighted by Crippen LogP contribution is 2.27. The maximum absolute atomic E-state index is 13.2. The van der Waals surface area contributed by atoms with Crippen LogP contribution in [0.4, 0.5) is 4.39 Å². The molecule has 0 aromatic heterocycles. The van der Waals surface area contributed by atoms with E-state index >= 15 is 0 Å². The van der Waals surface area contributed by atoms with Gasteiger partial charge >= 0.3 is 0 Å². The van der Waals surface area contributed by atoms with Crippen molar-refractivity contribution >= 4 is 22.6 Å². The molecule has 0 fully saturated rings.